The number of fused-ring (bicyclic) bond motifs is 2. The van der Waals surface area contributed by atoms with Gasteiger partial charge in [-0.25, -0.2) is 39.5 Å². The summed E-state index contributed by atoms with van der Waals surface area (Å²) >= 11 is 17.2. The third kappa shape index (κ3) is 19.6. The minimum atomic E-state index is -4.83. The predicted octanol–water partition coefficient (Wildman–Crippen LogP) is -0.456. The lowest BCUT2D eigenvalue weighted by Crippen LogP contribution is -2.41. The molecule has 4 aliphatic heterocycles. The second-order valence-electron chi connectivity index (χ2n) is 23.6. The number of rotatable bonds is 39. The Morgan fingerprint density at radius 2 is 0.740 bits per heavy atom. The van der Waals surface area contributed by atoms with E-state index in [9.17, 15) is 33.7 Å². The summed E-state index contributed by atoms with van der Waals surface area (Å²) in [5.74, 6) is -0.101. The third-order valence-electron chi connectivity index (χ3n) is 16.4. The standard InChI is InChI=1S/C54H82N16O27P4S3/c1-27-17-67(53(71)65-43(27)55)49-40(84-14-10-79-4)37(96-100(76,103)87-20-30-35(94-98(8,73)74)39(83-13-9-78-3)51(93-30)69-25-63-33-45(57)59-23-61-47(33)69)32(92-49)22-89-101(77,104)97-38-31(91-50(41(38)85-15-11-80-5)68-18-28(2)44(56)66-54(68)72)21-88-99(75,102)95-36-29(19-82-7)90-52(42(36)86-16-12-81-6)70-26-64-34-46(58)60-24-62-48(34)70/h17-18,23-26,29-32,35-42,49-52H,9-16,19-22H2,1-8H3,(H,73,74)(H,75,102)(H,76,103)(H,77,104)(H2,55,65,71)(H2,56,66,72)(H2,57,59,61)(H2,58,60,62)/t29-,30-,31-,32-,35?,36?,37?,38?,39+,40+,41+,42+,49-,50-,51-,52-,99?,100?,101?/m1/s1. The van der Waals surface area contributed by atoms with Crippen LogP contribution in [0.3, 0.4) is 0 Å². The topological polar surface area (TPSA) is 544 Å². The van der Waals surface area contributed by atoms with Crippen molar-refractivity contribution in [3.63, 3.8) is 0 Å². The molecule has 4 aliphatic rings. The smallest absolute Gasteiger partial charge is 0.351 e. The largest absolute Gasteiger partial charge is 0.383 e. The average molecular weight is 1610 g/mol. The highest BCUT2D eigenvalue weighted by Crippen LogP contribution is 2.56. The van der Waals surface area contributed by atoms with Gasteiger partial charge in [-0.3, -0.25) is 40.9 Å². The van der Waals surface area contributed by atoms with Crippen LogP contribution >= 0.6 is 27.8 Å². The number of hydrogen-bond donors (Lipinski definition) is 8. The average Bonchev–Trinajstić information content (AvgIpc) is 1.63. The maximum atomic E-state index is 13.9. The molecule has 6 aromatic rings. The molecule has 0 amide bonds. The summed E-state index contributed by atoms with van der Waals surface area (Å²) in [7, 11) is 2.70. The SMILES string of the molecule is COCCO[C@H]1C(OP(O)(=S)OC[C@H]2O[C@@H](n3cnc4c(N)ncnc43)[C@@H](OCCOC)C2OP(C)(=O)O)[C@@H](COP(O)(=S)OC2[C@@H](COP(O)(=S)OC3[C@@H](COC)O[C@@H](n4cnc5c(N)ncnc54)[C@H]3OCCOC)O[C@@H](n3cc(C)c(N)nc3=O)[C@H]2OCCOC)O[C@H]1n1cc(C)c(N)nc1=O. The van der Waals surface area contributed by atoms with Gasteiger partial charge in [-0.1, -0.05) is 0 Å². The van der Waals surface area contributed by atoms with Crippen molar-refractivity contribution in [1.82, 2.24) is 58.1 Å². The van der Waals surface area contributed by atoms with Crippen LogP contribution in [0.25, 0.3) is 22.3 Å². The van der Waals surface area contributed by atoms with Gasteiger partial charge in [0.25, 0.3) is 0 Å². The predicted molar refractivity (Wildman–Crippen MR) is 371 cm³/mol. The van der Waals surface area contributed by atoms with Crippen LogP contribution in [-0.4, -0.2) is 272 Å². The zero-order chi connectivity index (χ0) is 75.0. The first-order valence-corrected chi connectivity index (χ1v) is 41.3. The van der Waals surface area contributed by atoms with Gasteiger partial charge in [-0.2, -0.15) is 9.97 Å². The van der Waals surface area contributed by atoms with Crippen molar-refractivity contribution in [2.45, 2.75) is 112 Å². The molecule has 20 atom stereocenters. The lowest BCUT2D eigenvalue weighted by Gasteiger charge is -2.31. The number of aromatic nitrogens is 12. The molecule has 578 valence electrons. The molecule has 104 heavy (non-hydrogen) atoms. The summed E-state index contributed by atoms with van der Waals surface area (Å²) in [6, 6.07) is 0. The molecule has 0 aliphatic carbocycles. The molecule has 12 N–H and O–H groups in total. The maximum absolute atomic E-state index is 13.9. The molecule has 8 unspecified atom stereocenters. The summed E-state index contributed by atoms with van der Waals surface area (Å²) in [5, 5.41) is 0. The van der Waals surface area contributed by atoms with E-state index >= 15 is 0 Å². The Kier molecular flexibility index (Phi) is 28.1. The van der Waals surface area contributed by atoms with Crippen LogP contribution < -0.4 is 34.3 Å². The molecule has 10 heterocycles. The van der Waals surface area contributed by atoms with Crippen LogP contribution in [0.2, 0.25) is 0 Å². The molecule has 0 spiro atoms. The van der Waals surface area contributed by atoms with Crippen LogP contribution in [0.1, 0.15) is 36.0 Å². The highest BCUT2D eigenvalue weighted by atomic mass is 32.5. The Morgan fingerprint density at radius 3 is 1.05 bits per heavy atom. The summed E-state index contributed by atoms with van der Waals surface area (Å²) < 4.78 is 139. The molecule has 0 radical (unpaired) electrons. The van der Waals surface area contributed by atoms with Gasteiger partial charge < -0.3 is 118 Å². The number of nitrogens with zero attached hydrogens (tertiary/aromatic N) is 12. The molecular weight excluding hydrogens is 1520 g/mol. The summed E-state index contributed by atoms with van der Waals surface area (Å²) in [5.41, 5.74) is 24.1. The Morgan fingerprint density at radius 1 is 0.433 bits per heavy atom. The van der Waals surface area contributed by atoms with Gasteiger partial charge in [0, 0.05) is 65.7 Å². The maximum Gasteiger partial charge on any atom is 0.351 e. The van der Waals surface area contributed by atoms with Gasteiger partial charge in [-0.15, -0.1) is 0 Å². The Balaban J connectivity index is 0.949. The van der Waals surface area contributed by atoms with E-state index in [-0.39, 0.29) is 105 Å². The molecule has 43 nitrogen and oxygen atoms in total. The Hall–Kier alpha value is -4.72. The van der Waals surface area contributed by atoms with E-state index < -0.39 is 157 Å². The molecule has 4 saturated heterocycles. The van der Waals surface area contributed by atoms with E-state index in [1.807, 2.05) is 0 Å². The van der Waals surface area contributed by atoms with Crippen molar-refractivity contribution in [3.8, 4) is 0 Å². The number of ether oxygens (including phenoxy) is 13. The highest BCUT2D eigenvalue weighted by molar-refractivity contribution is 8.07. The summed E-state index contributed by atoms with van der Waals surface area (Å²) in [6.45, 7) is -12.9. The van der Waals surface area contributed by atoms with E-state index in [1.54, 1.807) is 18.4 Å². The first kappa shape index (κ1) is 81.8. The summed E-state index contributed by atoms with van der Waals surface area (Å²) in [4.78, 5) is 109. The van der Waals surface area contributed by atoms with Gasteiger partial charge >= 0.3 is 39.1 Å². The minimum Gasteiger partial charge on any atom is -0.383 e. The number of anilines is 4. The van der Waals surface area contributed by atoms with E-state index in [0.29, 0.717) is 11.1 Å². The van der Waals surface area contributed by atoms with E-state index in [0.717, 1.165) is 15.8 Å². The van der Waals surface area contributed by atoms with E-state index in [4.69, 9.17) is 152 Å². The normalized spacial score (nSPS) is 28.8. The van der Waals surface area contributed by atoms with Crippen molar-refractivity contribution < 1.29 is 117 Å². The number of imidazole rings is 2. The molecule has 4 fully saturated rings. The second kappa shape index (κ2) is 35.8. The number of hydrogen-bond acceptors (Lipinski definition) is 38. The van der Waals surface area contributed by atoms with Gasteiger partial charge in [0.1, 0.15) is 109 Å². The van der Waals surface area contributed by atoms with Gasteiger partial charge in [-0.05, 0) is 49.3 Å². The second-order valence-corrected chi connectivity index (χ2v) is 33.8. The van der Waals surface area contributed by atoms with E-state index in [2.05, 4.69) is 39.9 Å². The van der Waals surface area contributed by atoms with Gasteiger partial charge in [0.15, 0.2) is 47.8 Å². The molecule has 0 saturated carbocycles. The van der Waals surface area contributed by atoms with Crippen molar-refractivity contribution in [1.29, 1.82) is 0 Å². The fraction of sp³-hybridized carbons (Fsp3) is 0.667. The first-order valence-electron chi connectivity index (χ1n) is 31.6. The van der Waals surface area contributed by atoms with E-state index in [1.165, 1.54) is 77.8 Å². The zero-order valence-electron chi connectivity index (χ0n) is 57.1. The number of nitrogens with two attached hydrogens (primary N) is 4. The number of methoxy groups -OCH3 is 5. The van der Waals surface area contributed by atoms with Crippen LogP contribution in [0.15, 0.2) is 47.3 Å². The van der Waals surface area contributed by atoms with Crippen molar-refractivity contribution in [2.24, 2.45) is 0 Å². The monoisotopic (exact) mass is 1610 g/mol. The van der Waals surface area contributed by atoms with Crippen LogP contribution in [0, 0.1) is 13.8 Å². The molecule has 6 aromatic heterocycles. The van der Waals surface area contributed by atoms with Crippen molar-refractivity contribution >= 4 is 109 Å². The van der Waals surface area contributed by atoms with Crippen LogP contribution in [0.4, 0.5) is 23.3 Å². The third-order valence-corrected chi connectivity index (χ3v) is 21.7. The lowest BCUT2D eigenvalue weighted by atomic mass is 10.1. The zero-order valence-corrected chi connectivity index (χ0v) is 63.1. The molecular formula is C54H82N16O27P4S3. The van der Waals surface area contributed by atoms with Crippen molar-refractivity contribution in [2.75, 3.05) is 144 Å². The highest BCUT2D eigenvalue weighted by Gasteiger charge is 2.56. The first-order chi connectivity index (χ1) is 49.5. The molecule has 10 rings (SSSR count). The van der Waals surface area contributed by atoms with Gasteiger partial charge in [0.05, 0.1) is 91.9 Å². The number of nitrogen functional groups attached to an aromatic ring is 4. The fourth-order valence-corrected chi connectivity index (χ4v) is 16.7. The fourth-order valence-electron chi connectivity index (χ4n) is 11.6. The summed E-state index contributed by atoms with van der Waals surface area (Å²) in [6.07, 6.45) is -14.4. The van der Waals surface area contributed by atoms with Gasteiger partial charge in [0.2, 0.25) is 0 Å². The molecule has 0 aromatic carbocycles. The Bertz CT molecular complexity index is 4230. The number of aryl methyl sites for hydroxylation is 2. The minimum absolute atomic E-state index is 0.00998. The van der Waals surface area contributed by atoms with Crippen LogP contribution in [-0.2, 0) is 133 Å². The quantitative estimate of drug-likeness (QED) is 0.0179. The molecule has 0 bridgehead atoms. The Labute approximate surface area is 607 Å². The lowest BCUT2D eigenvalue weighted by molar-refractivity contribution is -0.0836. The van der Waals surface area contributed by atoms with Crippen LogP contribution in [0.5, 0.6) is 0 Å². The van der Waals surface area contributed by atoms with Crippen molar-refractivity contribution in [3.05, 3.63) is 69.8 Å². The molecule has 50 heteroatoms.